The van der Waals surface area contributed by atoms with Crippen LogP contribution in [-0.2, 0) is 0 Å². The van der Waals surface area contributed by atoms with Crippen LogP contribution in [0.4, 0.5) is 0 Å². The Balaban J connectivity index is 2.81. The topological polar surface area (TPSA) is 48.8 Å². The van der Waals surface area contributed by atoms with Gasteiger partial charge in [-0.3, -0.25) is 0 Å². The Morgan fingerprint density at radius 2 is 2.21 bits per heavy atom. The van der Waals surface area contributed by atoms with E-state index in [-0.39, 0.29) is 0 Å². The molecule has 0 bridgehead atoms. The summed E-state index contributed by atoms with van der Waals surface area (Å²) in [5, 5.41) is 4.37. The first-order chi connectivity index (χ1) is 6.75. The van der Waals surface area contributed by atoms with Gasteiger partial charge in [-0.1, -0.05) is 52.6 Å². The van der Waals surface area contributed by atoms with Gasteiger partial charge in [-0.15, -0.1) is 0 Å². The minimum Gasteiger partial charge on any atom is -0.0899 e. The van der Waals surface area contributed by atoms with E-state index in [4.69, 9.17) is 28.7 Å². The Morgan fingerprint density at radius 3 is 2.93 bits per heavy atom. The predicted octanol–water partition coefficient (Wildman–Crippen LogP) is 4.32. The van der Waals surface area contributed by atoms with Gasteiger partial charge in [0.2, 0.25) is 0 Å². The lowest BCUT2D eigenvalue weighted by atomic mass is 10.2. The minimum atomic E-state index is 0.305. The van der Waals surface area contributed by atoms with Crippen LogP contribution in [0.15, 0.2) is 29.4 Å². The SMILES string of the molecule is [N-]=[N+]=NCC=Cc1cccc(Cl)c1Cl. The van der Waals surface area contributed by atoms with Crippen molar-refractivity contribution in [2.24, 2.45) is 5.11 Å². The van der Waals surface area contributed by atoms with E-state index in [2.05, 4.69) is 10.0 Å². The largest absolute Gasteiger partial charge is 0.0899 e. The Labute approximate surface area is 91.6 Å². The third-order valence-electron chi connectivity index (χ3n) is 1.53. The zero-order valence-electron chi connectivity index (χ0n) is 7.19. The average molecular weight is 228 g/mol. The standard InChI is InChI=1S/C9H7Cl2N3/c10-8-5-1-3-7(9(8)11)4-2-6-13-14-12/h1-5H,6H2. The van der Waals surface area contributed by atoms with E-state index in [0.29, 0.717) is 16.6 Å². The fourth-order valence-corrected chi connectivity index (χ4v) is 1.28. The second-order valence-corrected chi connectivity index (χ2v) is 3.24. The van der Waals surface area contributed by atoms with Crippen LogP contribution in [0.5, 0.6) is 0 Å². The van der Waals surface area contributed by atoms with Crippen LogP contribution in [-0.4, -0.2) is 6.54 Å². The molecule has 0 heterocycles. The van der Waals surface area contributed by atoms with E-state index in [0.717, 1.165) is 5.56 Å². The van der Waals surface area contributed by atoms with Crippen molar-refractivity contribution in [2.75, 3.05) is 6.54 Å². The van der Waals surface area contributed by atoms with Crippen LogP contribution in [0, 0.1) is 0 Å². The van der Waals surface area contributed by atoms with Crippen molar-refractivity contribution in [1.29, 1.82) is 0 Å². The van der Waals surface area contributed by atoms with Crippen molar-refractivity contribution < 1.29 is 0 Å². The lowest BCUT2D eigenvalue weighted by Gasteiger charge is -1.98. The number of hydrogen-bond acceptors (Lipinski definition) is 1. The van der Waals surface area contributed by atoms with Gasteiger partial charge < -0.3 is 0 Å². The predicted molar refractivity (Wildman–Crippen MR) is 59.5 cm³/mol. The second kappa shape index (κ2) is 5.55. The van der Waals surface area contributed by atoms with Gasteiger partial charge in [-0.2, -0.15) is 0 Å². The molecule has 0 N–H and O–H groups in total. The minimum absolute atomic E-state index is 0.305. The molecule has 3 nitrogen and oxygen atoms in total. The highest BCUT2D eigenvalue weighted by Crippen LogP contribution is 2.26. The molecule has 0 atom stereocenters. The smallest absolute Gasteiger partial charge is 0.0664 e. The summed E-state index contributed by atoms with van der Waals surface area (Å²) in [6, 6.07) is 5.36. The maximum absolute atomic E-state index is 8.04. The summed E-state index contributed by atoms with van der Waals surface area (Å²) in [6.07, 6.45) is 3.49. The van der Waals surface area contributed by atoms with Crippen molar-refractivity contribution in [1.82, 2.24) is 0 Å². The lowest BCUT2D eigenvalue weighted by Crippen LogP contribution is -1.76. The summed E-state index contributed by atoms with van der Waals surface area (Å²) >= 11 is 11.7. The monoisotopic (exact) mass is 227 g/mol. The van der Waals surface area contributed by atoms with E-state index >= 15 is 0 Å². The van der Waals surface area contributed by atoms with Crippen molar-refractivity contribution in [3.63, 3.8) is 0 Å². The molecular formula is C9H7Cl2N3. The van der Waals surface area contributed by atoms with Gasteiger partial charge in [-0.05, 0) is 17.2 Å². The molecule has 0 aromatic heterocycles. The highest BCUT2D eigenvalue weighted by molar-refractivity contribution is 6.42. The molecule has 0 amide bonds. The number of halogens is 2. The highest BCUT2D eigenvalue weighted by Gasteiger charge is 1.99. The molecule has 0 aliphatic carbocycles. The Morgan fingerprint density at radius 1 is 1.43 bits per heavy atom. The van der Waals surface area contributed by atoms with Crippen LogP contribution < -0.4 is 0 Å². The summed E-state index contributed by atoms with van der Waals surface area (Å²) in [5.41, 5.74) is 8.85. The van der Waals surface area contributed by atoms with Crippen molar-refractivity contribution in [2.45, 2.75) is 0 Å². The molecular weight excluding hydrogens is 221 g/mol. The quantitative estimate of drug-likeness (QED) is 0.420. The number of hydrogen-bond donors (Lipinski definition) is 0. The van der Waals surface area contributed by atoms with Crippen molar-refractivity contribution in [3.05, 3.63) is 50.3 Å². The fraction of sp³-hybridized carbons (Fsp3) is 0.111. The molecule has 0 radical (unpaired) electrons. The van der Waals surface area contributed by atoms with E-state index in [1.807, 2.05) is 6.07 Å². The molecule has 5 heteroatoms. The molecule has 0 unspecified atom stereocenters. The Kier molecular flexibility index (Phi) is 4.33. The lowest BCUT2D eigenvalue weighted by molar-refractivity contribution is 1.22. The van der Waals surface area contributed by atoms with E-state index < -0.39 is 0 Å². The molecule has 0 saturated heterocycles. The summed E-state index contributed by atoms with van der Waals surface area (Å²) < 4.78 is 0. The number of nitrogens with zero attached hydrogens (tertiary/aromatic N) is 3. The maximum atomic E-state index is 8.04. The number of benzene rings is 1. The zero-order valence-corrected chi connectivity index (χ0v) is 8.70. The molecule has 0 aliphatic rings. The van der Waals surface area contributed by atoms with E-state index in [1.165, 1.54) is 0 Å². The summed E-state index contributed by atoms with van der Waals surface area (Å²) in [6.45, 7) is 0.305. The van der Waals surface area contributed by atoms with Gasteiger partial charge in [0.05, 0.1) is 10.0 Å². The second-order valence-electron chi connectivity index (χ2n) is 2.46. The zero-order chi connectivity index (χ0) is 10.4. The summed E-state index contributed by atoms with van der Waals surface area (Å²) in [7, 11) is 0. The van der Waals surface area contributed by atoms with Gasteiger partial charge >= 0.3 is 0 Å². The van der Waals surface area contributed by atoms with Gasteiger partial charge in [-0.25, -0.2) is 0 Å². The molecule has 0 spiro atoms. The van der Waals surface area contributed by atoms with Crippen LogP contribution in [0.25, 0.3) is 16.5 Å². The number of azide groups is 1. The molecule has 1 aromatic carbocycles. The normalized spacial score (nSPS) is 10.1. The van der Waals surface area contributed by atoms with Gasteiger partial charge in [0.15, 0.2) is 0 Å². The maximum Gasteiger partial charge on any atom is 0.0664 e. The van der Waals surface area contributed by atoms with Crippen LogP contribution in [0.1, 0.15) is 5.56 Å². The van der Waals surface area contributed by atoms with Gasteiger partial charge in [0.1, 0.15) is 0 Å². The first-order valence-electron chi connectivity index (χ1n) is 3.87. The van der Waals surface area contributed by atoms with Crippen LogP contribution in [0.3, 0.4) is 0 Å². The molecule has 1 rings (SSSR count). The first-order valence-corrected chi connectivity index (χ1v) is 4.62. The first kappa shape index (κ1) is 10.9. The molecule has 14 heavy (non-hydrogen) atoms. The van der Waals surface area contributed by atoms with Crippen LogP contribution >= 0.6 is 23.2 Å². The van der Waals surface area contributed by atoms with Crippen molar-refractivity contribution in [3.8, 4) is 0 Å². The van der Waals surface area contributed by atoms with Gasteiger partial charge in [0.25, 0.3) is 0 Å². The molecule has 0 aliphatic heterocycles. The highest BCUT2D eigenvalue weighted by atomic mass is 35.5. The summed E-state index contributed by atoms with van der Waals surface area (Å²) in [4.78, 5) is 2.62. The van der Waals surface area contributed by atoms with Crippen LogP contribution in [0.2, 0.25) is 10.0 Å². The molecule has 72 valence electrons. The molecule has 1 aromatic rings. The van der Waals surface area contributed by atoms with E-state index in [9.17, 15) is 0 Å². The Hall–Kier alpha value is -1.15. The molecule has 0 fully saturated rings. The average Bonchev–Trinajstić information content (AvgIpc) is 2.19. The van der Waals surface area contributed by atoms with Gasteiger partial charge in [0, 0.05) is 11.5 Å². The molecule has 0 saturated carbocycles. The van der Waals surface area contributed by atoms with Crippen molar-refractivity contribution >= 4 is 29.3 Å². The fourth-order valence-electron chi connectivity index (χ4n) is 0.913. The van der Waals surface area contributed by atoms with E-state index in [1.54, 1.807) is 24.3 Å². The summed E-state index contributed by atoms with van der Waals surface area (Å²) in [5.74, 6) is 0. The number of rotatable bonds is 3. The Bertz CT molecular complexity index is 395. The third-order valence-corrected chi connectivity index (χ3v) is 2.36. The third kappa shape index (κ3) is 2.96.